The minimum atomic E-state index is 0.137. The number of halogens is 1. The molecule has 0 spiro atoms. The van der Waals surface area contributed by atoms with Crippen LogP contribution in [-0.4, -0.2) is 47.3 Å². The zero-order valence-corrected chi connectivity index (χ0v) is 11.6. The summed E-state index contributed by atoms with van der Waals surface area (Å²) in [4.78, 5) is 6.60. The van der Waals surface area contributed by atoms with E-state index in [2.05, 4.69) is 16.9 Å². The summed E-state index contributed by atoms with van der Waals surface area (Å²) in [5.41, 5.74) is 7.71. The quantitative estimate of drug-likeness (QED) is 0.908. The van der Waals surface area contributed by atoms with Crippen LogP contribution in [-0.2, 0) is 11.3 Å². The highest BCUT2D eigenvalue weighted by molar-refractivity contribution is 6.35. The molecule has 0 amide bonds. The lowest BCUT2D eigenvalue weighted by Crippen LogP contribution is -2.42. The van der Waals surface area contributed by atoms with Crippen molar-refractivity contribution in [2.24, 2.45) is 0 Å². The van der Waals surface area contributed by atoms with Crippen molar-refractivity contribution in [2.75, 3.05) is 32.5 Å². The molecule has 0 saturated carbocycles. The van der Waals surface area contributed by atoms with Crippen LogP contribution < -0.4 is 5.73 Å². The molecular weight excluding hydrogens is 264 g/mol. The standard InChI is InChI=1S/C13H17ClN4O/c1-17-5-6-19-9(7-17)8-18-11-4-2-3-10(14)12(11)16-13(18)15/h2-4,9H,5-8H2,1H3,(H2,15,16). The molecule has 3 rings (SSSR count). The van der Waals surface area contributed by atoms with Crippen LogP contribution in [0.1, 0.15) is 0 Å². The van der Waals surface area contributed by atoms with E-state index in [1.54, 1.807) is 0 Å². The number of para-hydroxylation sites is 1. The fourth-order valence-electron chi connectivity index (χ4n) is 2.50. The highest BCUT2D eigenvalue weighted by Crippen LogP contribution is 2.25. The van der Waals surface area contributed by atoms with Gasteiger partial charge in [-0.3, -0.25) is 0 Å². The second-order valence-corrected chi connectivity index (χ2v) is 5.35. The Kier molecular flexibility index (Phi) is 3.35. The molecule has 1 aliphatic heterocycles. The maximum absolute atomic E-state index is 6.14. The SMILES string of the molecule is CN1CCOC(Cn2c(N)nc3c(Cl)cccc32)C1. The number of likely N-dealkylation sites (N-methyl/N-ethyl adjacent to an activating group) is 1. The molecule has 19 heavy (non-hydrogen) atoms. The third kappa shape index (κ3) is 2.41. The van der Waals surface area contributed by atoms with Crippen molar-refractivity contribution in [3.05, 3.63) is 23.2 Å². The minimum Gasteiger partial charge on any atom is -0.374 e. The zero-order chi connectivity index (χ0) is 13.4. The van der Waals surface area contributed by atoms with Crippen LogP contribution in [0.4, 0.5) is 5.95 Å². The number of benzene rings is 1. The van der Waals surface area contributed by atoms with Crippen LogP contribution in [0.5, 0.6) is 0 Å². The van der Waals surface area contributed by atoms with E-state index < -0.39 is 0 Å². The van der Waals surface area contributed by atoms with Gasteiger partial charge in [0.2, 0.25) is 5.95 Å². The van der Waals surface area contributed by atoms with Crippen LogP contribution in [0.15, 0.2) is 18.2 Å². The Morgan fingerprint density at radius 2 is 2.37 bits per heavy atom. The predicted molar refractivity (Wildman–Crippen MR) is 76.4 cm³/mol. The van der Waals surface area contributed by atoms with Crippen LogP contribution in [0.2, 0.25) is 5.02 Å². The van der Waals surface area contributed by atoms with E-state index in [1.165, 1.54) is 0 Å². The number of morpholine rings is 1. The number of nitrogens with zero attached hydrogens (tertiary/aromatic N) is 3. The van der Waals surface area contributed by atoms with Crippen molar-refractivity contribution in [2.45, 2.75) is 12.6 Å². The fourth-order valence-corrected chi connectivity index (χ4v) is 2.72. The van der Waals surface area contributed by atoms with Crippen LogP contribution in [0.25, 0.3) is 11.0 Å². The summed E-state index contributed by atoms with van der Waals surface area (Å²) in [6.07, 6.45) is 0.137. The van der Waals surface area contributed by atoms with Crippen molar-refractivity contribution in [3.63, 3.8) is 0 Å². The molecule has 1 atom stereocenters. The second-order valence-electron chi connectivity index (χ2n) is 4.94. The molecule has 2 N–H and O–H groups in total. The number of fused-ring (bicyclic) bond motifs is 1. The summed E-state index contributed by atoms with van der Waals surface area (Å²) in [6, 6.07) is 5.72. The van der Waals surface area contributed by atoms with Gasteiger partial charge in [-0.1, -0.05) is 17.7 Å². The monoisotopic (exact) mass is 280 g/mol. The Balaban J connectivity index is 1.92. The first kappa shape index (κ1) is 12.7. The molecule has 2 heterocycles. The Morgan fingerprint density at radius 1 is 1.53 bits per heavy atom. The Labute approximate surface area is 116 Å². The number of ether oxygens (including phenoxy) is 1. The van der Waals surface area contributed by atoms with Gasteiger partial charge in [-0.2, -0.15) is 0 Å². The zero-order valence-electron chi connectivity index (χ0n) is 10.8. The molecule has 102 valence electrons. The molecule has 5 nitrogen and oxygen atoms in total. The number of rotatable bonds is 2. The Hall–Kier alpha value is -1.30. The molecule has 1 aromatic carbocycles. The van der Waals surface area contributed by atoms with Gasteiger partial charge in [0.05, 0.1) is 29.8 Å². The first-order valence-corrected chi connectivity index (χ1v) is 6.73. The van der Waals surface area contributed by atoms with E-state index in [9.17, 15) is 0 Å². The molecule has 0 aliphatic carbocycles. The summed E-state index contributed by atoms with van der Waals surface area (Å²) >= 11 is 6.14. The van der Waals surface area contributed by atoms with Crippen molar-refractivity contribution < 1.29 is 4.74 Å². The van der Waals surface area contributed by atoms with Crippen LogP contribution in [0.3, 0.4) is 0 Å². The van der Waals surface area contributed by atoms with E-state index in [4.69, 9.17) is 22.1 Å². The molecule has 1 aromatic heterocycles. The van der Waals surface area contributed by atoms with Gasteiger partial charge in [0.15, 0.2) is 0 Å². The molecule has 1 unspecified atom stereocenters. The van der Waals surface area contributed by atoms with E-state index >= 15 is 0 Å². The van der Waals surface area contributed by atoms with Gasteiger partial charge in [-0.05, 0) is 19.2 Å². The first-order valence-electron chi connectivity index (χ1n) is 6.35. The van der Waals surface area contributed by atoms with Gasteiger partial charge in [0.1, 0.15) is 5.52 Å². The number of nitrogen functional groups attached to an aromatic ring is 1. The van der Waals surface area contributed by atoms with Gasteiger partial charge in [-0.25, -0.2) is 4.98 Å². The normalized spacial score (nSPS) is 21.1. The fraction of sp³-hybridized carbons (Fsp3) is 0.462. The lowest BCUT2D eigenvalue weighted by atomic mass is 10.2. The molecule has 1 saturated heterocycles. The summed E-state index contributed by atoms with van der Waals surface area (Å²) in [6.45, 7) is 3.34. The molecule has 1 aliphatic rings. The molecule has 0 radical (unpaired) electrons. The third-order valence-electron chi connectivity index (χ3n) is 3.49. The van der Waals surface area contributed by atoms with E-state index in [-0.39, 0.29) is 6.10 Å². The number of nitrogens with two attached hydrogens (primary N) is 1. The Bertz CT molecular complexity index is 598. The van der Waals surface area contributed by atoms with E-state index in [0.717, 1.165) is 30.7 Å². The average Bonchev–Trinajstić information content (AvgIpc) is 2.69. The summed E-state index contributed by atoms with van der Waals surface area (Å²) in [5, 5.41) is 0.629. The average molecular weight is 281 g/mol. The van der Waals surface area contributed by atoms with Crippen LogP contribution >= 0.6 is 11.6 Å². The highest BCUT2D eigenvalue weighted by Gasteiger charge is 2.20. The maximum atomic E-state index is 6.14. The second kappa shape index (κ2) is 5.00. The van der Waals surface area contributed by atoms with Crippen molar-refractivity contribution in [1.82, 2.24) is 14.5 Å². The predicted octanol–water partition coefficient (Wildman–Crippen LogP) is 1.60. The maximum Gasteiger partial charge on any atom is 0.201 e. The highest BCUT2D eigenvalue weighted by atomic mass is 35.5. The van der Waals surface area contributed by atoms with Gasteiger partial charge in [0, 0.05) is 13.1 Å². The summed E-state index contributed by atoms with van der Waals surface area (Å²) in [5.74, 6) is 0.486. The Morgan fingerprint density at radius 3 is 3.16 bits per heavy atom. The summed E-state index contributed by atoms with van der Waals surface area (Å²) in [7, 11) is 2.10. The molecule has 2 aromatic rings. The number of hydrogen-bond acceptors (Lipinski definition) is 4. The lowest BCUT2D eigenvalue weighted by Gasteiger charge is -2.30. The van der Waals surface area contributed by atoms with Crippen molar-refractivity contribution in [1.29, 1.82) is 0 Å². The molecular formula is C13H17ClN4O. The smallest absolute Gasteiger partial charge is 0.201 e. The van der Waals surface area contributed by atoms with Gasteiger partial charge < -0.3 is 19.9 Å². The van der Waals surface area contributed by atoms with Crippen LogP contribution in [0, 0.1) is 0 Å². The molecule has 1 fully saturated rings. The number of aromatic nitrogens is 2. The largest absolute Gasteiger partial charge is 0.374 e. The van der Waals surface area contributed by atoms with Gasteiger partial charge in [-0.15, -0.1) is 0 Å². The summed E-state index contributed by atoms with van der Waals surface area (Å²) < 4.78 is 7.75. The number of hydrogen-bond donors (Lipinski definition) is 1. The van der Waals surface area contributed by atoms with E-state index in [0.29, 0.717) is 17.5 Å². The van der Waals surface area contributed by atoms with E-state index in [1.807, 2.05) is 22.8 Å². The van der Waals surface area contributed by atoms with Gasteiger partial charge in [0.25, 0.3) is 0 Å². The lowest BCUT2D eigenvalue weighted by molar-refractivity contribution is -0.0267. The topological polar surface area (TPSA) is 56.3 Å². The number of anilines is 1. The van der Waals surface area contributed by atoms with Crippen molar-refractivity contribution in [3.8, 4) is 0 Å². The number of imidazole rings is 1. The first-order chi connectivity index (χ1) is 9.15. The van der Waals surface area contributed by atoms with Gasteiger partial charge >= 0.3 is 0 Å². The van der Waals surface area contributed by atoms with Crippen molar-refractivity contribution >= 4 is 28.6 Å². The third-order valence-corrected chi connectivity index (χ3v) is 3.79. The molecule has 6 heteroatoms. The minimum absolute atomic E-state index is 0.137. The molecule has 0 bridgehead atoms.